The van der Waals surface area contributed by atoms with E-state index in [9.17, 15) is 4.79 Å². The predicted molar refractivity (Wildman–Crippen MR) is 46.6 cm³/mol. The molecule has 0 aliphatic rings. The summed E-state index contributed by atoms with van der Waals surface area (Å²) in [5.41, 5.74) is 4.34. The molecule has 7 heteroatoms. The maximum Gasteiger partial charge on any atom is 0.278 e. The molecule has 0 fully saturated rings. The van der Waals surface area contributed by atoms with Crippen LogP contribution in [0.2, 0.25) is 0 Å². The summed E-state index contributed by atoms with van der Waals surface area (Å²) in [6.45, 7) is 0. The Labute approximate surface area is 87.2 Å². The number of hydrogen-bond acceptors (Lipinski definition) is 2. The molecule has 2 amide bonds. The van der Waals surface area contributed by atoms with Crippen LogP contribution in [0, 0.1) is 0 Å². The molecular formula is C4H10CuN2O2S2. The van der Waals surface area contributed by atoms with E-state index in [1.165, 1.54) is 4.90 Å². The zero-order valence-corrected chi connectivity index (χ0v) is 8.77. The first-order valence-corrected chi connectivity index (χ1v) is 3.16. The maximum absolute atomic E-state index is 9.93. The maximum atomic E-state index is 9.93. The van der Waals surface area contributed by atoms with Crippen molar-refractivity contribution in [2.75, 3.05) is 14.1 Å². The van der Waals surface area contributed by atoms with Gasteiger partial charge in [-0.3, -0.25) is 9.59 Å². The molecule has 71 valence electrons. The van der Waals surface area contributed by atoms with Crippen LogP contribution < -0.4 is 5.73 Å². The number of thiol groups is 2. The first kappa shape index (κ1) is 17.3. The van der Waals surface area contributed by atoms with E-state index >= 15 is 0 Å². The minimum Gasteiger partial charge on any atom is -0.361 e. The van der Waals surface area contributed by atoms with E-state index in [1.807, 2.05) is 0 Å². The number of amides is 2. The quantitative estimate of drug-likeness (QED) is 0.432. The van der Waals surface area contributed by atoms with Crippen molar-refractivity contribution in [1.29, 1.82) is 0 Å². The minimum atomic E-state index is -0.639. The van der Waals surface area contributed by atoms with Gasteiger partial charge in [0.25, 0.3) is 10.5 Å². The number of hydrogen-bond donors (Lipinski definition) is 3. The van der Waals surface area contributed by atoms with E-state index in [0.717, 1.165) is 0 Å². The molecule has 0 aromatic heterocycles. The van der Waals surface area contributed by atoms with Gasteiger partial charge in [0.05, 0.1) is 0 Å². The van der Waals surface area contributed by atoms with Crippen LogP contribution in [0.25, 0.3) is 0 Å². The number of primary amides is 1. The fourth-order valence-electron chi connectivity index (χ4n) is 0. The van der Waals surface area contributed by atoms with Gasteiger partial charge in [-0.05, 0) is 0 Å². The number of rotatable bonds is 0. The summed E-state index contributed by atoms with van der Waals surface area (Å²) in [5, 5.41) is -0.852. The summed E-state index contributed by atoms with van der Waals surface area (Å²) in [6.07, 6.45) is 0. The second kappa shape index (κ2) is 10.2. The summed E-state index contributed by atoms with van der Waals surface area (Å²) in [6, 6.07) is 0. The topological polar surface area (TPSA) is 63.4 Å². The second-order valence-electron chi connectivity index (χ2n) is 1.52. The first-order valence-electron chi connectivity index (χ1n) is 2.26. The second-order valence-corrected chi connectivity index (χ2v) is 2.34. The average Bonchev–Trinajstić information content (AvgIpc) is 1.63. The monoisotopic (exact) mass is 245 g/mol. The van der Waals surface area contributed by atoms with E-state index in [0.29, 0.717) is 0 Å². The van der Waals surface area contributed by atoms with Crippen LogP contribution >= 0.6 is 25.3 Å². The van der Waals surface area contributed by atoms with Gasteiger partial charge in [-0.1, -0.05) is 25.3 Å². The number of nitrogens with zero attached hydrogens (tertiary/aromatic N) is 1. The van der Waals surface area contributed by atoms with Crippen LogP contribution in [0.4, 0.5) is 9.59 Å². The molecule has 0 saturated carbocycles. The van der Waals surface area contributed by atoms with Crippen LogP contribution in [0.15, 0.2) is 0 Å². The molecule has 0 atom stereocenters. The molecule has 0 spiro atoms. The Hall–Kier alpha value is 0.159. The molecule has 0 aromatic carbocycles. The summed E-state index contributed by atoms with van der Waals surface area (Å²) in [7, 11) is 3.30. The van der Waals surface area contributed by atoms with Crippen LogP contribution in [-0.4, -0.2) is 29.5 Å². The van der Waals surface area contributed by atoms with Gasteiger partial charge in [-0.15, -0.1) is 0 Å². The fourth-order valence-corrected chi connectivity index (χ4v) is 0. The van der Waals surface area contributed by atoms with E-state index in [-0.39, 0.29) is 22.3 Å². The third-order valence-corrected chi connectivity index (χ3v) is 0.783. The Morgan fingerprint density at radius 1 is 1.27 bits per heavy atom. The Morgan fingerprint density at radius 3 is 1.36 bits per heavy atom. The number of carbonyl (C=O) groups excluding carboxylic acids is 2. The van der Waals surface area contributed by atoms with Crippen LogP contribution in [0.3, 0.4) is 0 Å². The van der Waals surface area contributed by atoms with Crippen LogP contribution in [0.1, 0.15) is 0 Å². The molecule has 0 aliphatic carbocycles. The van der Waals surface area contributed by atoms with Gasteiger partial charge in [-0.25, -0.2) is 0 Å². The van der Waals surface area contributed by atoms with Crippen LogP contribution in [0.5, 0.6) is 0 Å². The Balaban J connectivity index is -0.000000114. The summed E-state index contributed by atoms with van der Waals surface area (Å²) in [4.78, 5) is 20.4. The Bertz CT molecular complexity index is 127. The van der Waals surface area contributed by atoms with Gasteiger partial charge < -0.3 is 10.6 Å². The van der Waals surface area contributed by atoms with E-state index in [4.69, 9.17) is 4.79 Å². The van der Waals surface area contributed by atoms with Crippen molar-refractivity contribution in [2.24, 2.45) is 5.73 Å². The molecule has 0 bridgehead atoms. The summed E-state index contributed by atoms with van der Waals surface area (Å²) >= 11 is 6.58. The van der Waals surface area contributed by atoms with Crippen molar-refractivity contribution in [3.63, 3.8) is 0 Å². The Morgan fingerprint density at radius 2 is 1.36 bits per heavy atom. The van der Waals surface area contributed by atoms with Crippen molar-refractivity contribution in [3.05, 3.63) is 0 Å². The molecule has 4 nitrogen and oxygen atoms in total. The van der Waals surface area contributed by atoms with E-state index < -0.39 is 5.24 Å². The smallest absolute Gasteiger partial charge is 0.278 e. The van der Waals surface area contributed by atoms with Crippen molar-refractivity contribution in [2.45, 2.75) is 0 Å². The SMILES string of the molecule is CN(C)C(=O)S.NC(=O)S.[Cu]. The minimum absolute atomic E-state index is 0. The molecule has 0 heterocycles. The first-order chi connectivity index (χ1) is 4.37. The molecule has 0 unspecified atom stereocenters. The van der Waals surface area contributed by atoms with Gasteiger partial charge in [0.2, 0.25) is 0 Å². The van der Waals surface area contributed by atoms with Crippen molar-refractivity contribution < 1.29 is 26.7 Å². The molecule has 2 N–H and O–H groups in total. The van der Waals surface area contributed by atoms with Gasteiger partial charge in [0, 0.05) is 31.2 Å². The molecule has 0 rings (SSSR count). The largest absolute Gasteiger partial charge is 0.361 e. The average molecular weight is 246 g/mol. The predicted octanol–water partition coefficient (Wildman–Crippen LogP) is 0.590. The normalized spacial score (nSPS) is 6.55. The number of nitrogens with two attached hydrogens (primary N) is 1. The van der Waals surface area contributed by atoms with E-state index in [2.05, 4.69) is 31.0 Å². The van der Waals surface area contributed by atoms with Gasteiger partial charge in [-0.2, -0.15) is 0 Å². The van der Waals surface area contributed by atoms with Crippen molar-refractivity contribution in [1.82, 2.24) is 4.90 Å². The Kier molecular flexibility index (Phi) is 16.0. The van der Waals surface area contributed by atoms with Gasteiger partial charge >= 0.3 is 0 Å². The zero-order valence-electron chi connectivity index (χ0n) is 6.04. The molecule has 0 aromatic rings. The van der Waals surface area contributed by atoms with Crippen molar-refractivity contribution >= 4 is 35.7 Å². The summed E-state index contributed by atoms with van der Waals surface area (Å²) in [5.74, 6) is 0. The standard InChI is InChI=1S/C3H7NOS.CH3NOS.Cu/c1-4(2)3(5)6;2-1(3)4;/h1-2H3,(H,5,6);(H3,2,3,4);. The zero-order chi connectivity index (χ0) is 8.73. The molecule has 0 aliphatic heterocycles. The van der Waals surface area contributed by atoms with Gasteiger partial charge in [0.15, 0.2) is 0 Å². The van der Waals surface area contributed by atoms with Crippen molar-refractivity contribution in [3.8, 4) is 0 Å². The van der Waals surface area contributed by atoms with Crippen LogP contribution in [-0.2, 0) is 17.1 Å². The molecular weight excluding hydrogens is 236 g/mol. The molecule has 11 heavy (non-hydrogen) atoms. The summed E-state index contributed by atoms with van der Waals surface area (Å²) < 4.78 is 0. The number of carbonyl (C=O) groups is 2. The third-order valence-electron chi connectivity index (χ3n) is 0.383. The van der Waals surface area contributed by atoms with Gasteiger partial charge in [0.1, 0.15) is 0 Å². The molecule has 1 radical (unpaired) electrons. The van der Waals surface area contributed by atoms with E-state index in [1.54, 1.807) is 14.1 Å². The fraction of sp³-hybridized carbons (Fsp3) is 0.500. The third kappa shape index (κ3) is 39.1. The molecule has 0 saturated heterocycles.